The van der Waals surface area contributed by atoms with E-state index in [-0.39, 0.29) is 30.0 Å². The van der Waals surface area contributed by atoms with Crippen LogP contribution in [-0.2, 0) is 16.0 Å². The first-order valence-corrected chi connectivity index (χ1v) is 19.2. The van der Waals surface area contributed by atoms with E-state index in [1.54, 1.807) is 29.5 Å². The summed E-state index contributed by atoms with van der Waals surface area (Å²) in [4.78, 5) is 62.2. The number of hydrogen-bond acceptors (Lipinski definition) is 10. The molecule has 4 amide bonds. The summed E-state index contributed by atoms with van der Waals surface area (Å²) in [6, 6.07) is 15.6. The van der Waals surface area contributed by atoms with E-state index in [2.05, 4.69) is 49.1 Å². The summed E-state index contributed by atoms with van der Waals surface area (Å²) >= 11 is 7.82. The SMILES string of the molecule is Cc1c(C#Cc2ccc(CCCCNc3cccc4c3C(=O)N(C3CCC(=O)NC3=O)C4=O)cn2)sc2c1C(c1ccc(Cl)cc1)=N[C@@H](C)c1nnc(C)n1-2. The molecule has 276 valence electrons. The molecule has 55 heavy (non-hydrogen) atoms. The van der Waals surface area contributed by atoms with E-state index in [0.717, 1.165) is 73.7 Å². The number of aliphatic imine (C=N–C) groups is 1. The quantitative estimate of drug-likeness (QED) is 0.109. The van der Waals surface area contributed by atoms with Crippen molar-refractivity contribution >= 4 is 58.0 Å². The fourth-order valence-corrected chi connectivity index (χ4v) is 8.55. The number of carbonyl (C=O) groups excluding carboxylic acids is 4. The number of anilines is 1. The standard InChI is InChI=1S/C41H35ClN8O4S/c1-22-32(55-41-34(22)36(26-11-13-27(42)14-12-26)45-23(2)37-48-47-24(3)49(37)41)18-16-28-15-10-25(21-44-28)7-4-5-20-43-30-9-6-8-29-35(30)40(54)50(39(29)53)31-17-19-33(51)46-38(31)52/h6,8-15,21,23,31,43H,4-5,7,17,19-20H2,1-3H3,(H,46,51,52)/t23-,31?/m0/s1. The van der Waals surface area contributed by atoms with Crippen LogP contribution in [0.25, 0.3) is 5.00 Å². The number of thiophene rings is 1. The smallest absolute Gasteiger partial charge is 0.264 e. The van der Waals surface area contributed by atoms with E-state index >= 15 is 0 Å². The van der Waals surface area contributed by atoms with Gasteiger partial charge in [-0.15, -0.1) is 21.5 Å². The third-order valence-corrected chi connectivity index (χ3v) is 11.5. The van der Waals surface area contributed by atoms with Crippen LogP contribution in [0.5, 0.6) is 0 Å². The van der Waals surface area contributed by atoms with Crippen molar-refractivity contribution in [1.29, 1.82) is 0 Å². The van der Waals surface area contributed by atoms with Gasteiger partial charge in [0.1, 0.15) is 28.6 Å². The first-order valence-electron chi connectivity index (χ1n) is 18.0. The van der Waals surface area contributed by atoms with Crippen molar-refractivity contribution in [3.63, 3.8) is 0 Å². The van der Waals surface area contributed by atoms with Gasteiger partial charge in [0.05, 0.1) is 21.7 Å². The molecule has 2 atom stereocenters. The Morgan fingerprint density at radius 3 is 2.55 bits per heavy atom. The maximum atomic E-state index is 13.4. The van der Waals surface area contributed by atoms with Gasteiger partial charge in [0.25, 0.3) is 11.8 Å². The van der Waals surface area contributed by atoms with E-state index in [1.807, 2.05) is 56.4 Å². The van der Waals surface area contributed by atoms with Crippen LogP contribution in [0, 0.1) is 25.7 Å². The Balaban J connectivity index is 0.914. The minimum Gasteiger partial charge on any atom is -0.384 e. The second-order valence-electron chi connectivity index (χ2n) is 13.7. The first-order chi connectivity index (χ1) is 26.6. The molecule has 0 radical (unpaired) electrons. The number of unbranched alkanes of at least 4 members (excludes halogenated alkanes) is 1. The van der Waals surface area contributed by atoms with Crippen molar-refractivity contribution in [2.24, 2.45) is 4.99 Å². The van der Waals surface area contributed by atoms with E-state index in [1.165, 1.54) is 0 Å². The maximum Gasteiger partial charge on any atom is 0.264 e. The minimum atomic E-state index is -1.000. The third-order valence-electron chi connectivity index (χ3n) is 10.0. The molecule has 0 aliphatic carbocycles. The highest BCUT2D eigenvalue weighted by Gasteiger charge is 2.45. The molecule has 5 aromatic rings. The number of carbonyl (C=O) groups is 4. The third kappa shape index (κ3) is 6.72. The van der Waals surface area contributed by atoms with Crippen LogP contribution in [0.3, 0.4) is 0 Å². The number of halogens is 1. The minimum absolute atomic E-state index is 0.0753. The Hall–Kier alpha value is -5.97. The zero-order valence-electron chi connectivity index (χ0n) is 30.3. The molecule has 8 rings (SSSR count). The Morgan fingerprint density at radius 1 is 0.964 bits per heavy atom. The maximum absolute atomic E-state index is 13.4. The van der Waals surface area contributed by atoms with Crippen LogP contribution in [0.4, 0.5) is 5.69 Å². The predicted octanol–water partition coefficient (Wildman–Crippen LogP) is 6.14. The molecule has 2 N–H and O–H groups in total. The van der Waals surface area contributed by atoms with Crippen LogP contribution in [0.1, 0.15) is 104 Å². The summed E-state index contributed by atoms with van der Waals surface area (Å²) < 4.78 is 2.09. The van der Waals surface area contributed by atoms with Crippen LogP contribution >= 0.6 is 22.9 Å². The highest BCUT2D eigenvalue weighted by Crippen LogP contribution is 2.39. The fourth-order valence-electron chi connectivity index (χ4n) is 7.20. The lowest BCUT2D eigenvalue weighted by molar-refractivity contribution is -0.136. The number of fused-ring (bicyclic) bond motifs is 4. The lowest BCUT2D eigenvalue weighted by Gasteiger charge is -2.27. The van der Waals surface area contributed by atoms with Crippen molar-refractivity contribution in [3.8, 4) is 16.8 Å². The van der Waals surface area contributed by atoms with Gasteiger partial charge in [-0.3, -0.25) is 39.0 Å². The zero-order valence-corrected chi connectivity index (χ0v) is 31.8. The molecule has 3 aromatic heterocycles. The topological polar surface area (TPSA) is 152 Å². The molecule has 3 aliphatic rings. The number of amides is 4. The monoisotopic (exact) mass is 770 g/mol. The molecule has 1 saturated heterocycles. The highest BCUT2D eigenvalue weighted by atomic mass is 35.5. The number of hydrogen-bond donors (Lipinski definition) is 2. The molecule has 1 unspecified atom stereocenters. The average molecular weight is 771 g/mol. The summed E-state index contributed by atoms with van der Waals surface area (Å²) in [5.74, 6) is 6.12. The van der Waals surface area contributed by atoms with Crippen LogP contribution in [-0.4, -0.2) is 66.6 Å². The Bertz CT molecular complexity index is 2490. The number of benzene rings is 2. The Morgan fingerprint density at radius 2 is 1.78 bits per heavy atom. The van der Waals surface area contributed by atoms with Gasteiger partial charge in [-0.1, -0.05) is 35.9 Å². The van der Waals surface area contributed by atoms with Crippen LogP contribution in [0.15, 0.2) is 65.8 Å². The van der Waals surface area contributed by atoms with Gasteiger partial charge in [0.15, 0.2) is 5.82 Å². The molecule has 0 spiro atoms. The van der Waals surface area contributed by atoms with Crippen molar-refractivity contribution in [2.75, 3.05) is 11.9 Å². The summed E-state index contributed by atoms with van der Waals surface area (Å²) in [5.41, 5.74) is 6.69. The number of piperidine rings is 1. The molecule has 0 saturated carbocycles. The summed E-state index contributed by atoms with van der Waals surface area (Å²) in [6.07, 6.45) is 4.52. The summed E-state index contributed by atoms with van der Waals surface area (Å²) in [5, 5.41) is 16.0. The van der Waals surface area contributed by atoms with Crippen molar-refractivity contribution < 1.29 is 19.2 Å². The van der Waals surface area contributed by atoms with Gasteiger partial charge in [-0.05, 0) is 99.8 Å². The van der Waals surface area contributed by atoms with Gasteiger partial charge in [0, 0.05) is 41.0 Å². The number of pyridine rings is 1. The molecule has 0 bridgehead atoms. The Kier molecular flexibility index (Phi) is 9.63. The number of nitrogens with one attached hydrogen (secondary N) is 2. The van der Waals surface area contributed by atoms with Crippen molar-refractivity contribution in [2.45, 2.75) is 65.0 Å². The molecule has 12 nitrogen and oxygen atoms in total. The van der Waals surface area contributed by atoms with Gasteiger partial charge >= 0.3 is 0 Å². The molecule has 14 heteroatoms. The largest absolute Gasteiger partial charge is 0.384 e. The lowest BCUT2D eigenvalue weighted by atomic mass is 9.99. The van der Waals surface area contributed by atoms with E-state index in [9.17, 15) is 19.2 Å². The summed E-state index contributed by atoms with van der Waals surface area (Å²) in [7, 11) is 0. The van der Waals surface area contributed by atoms with E-state index < -0.39 is 29.7 Å². The van der Waals surface area contributed by atoms with Gasteiger partial charge < -0.3 is 5.32 Å². The van der Waals surface area contributed by atoms with Gasteiger partial charge in [0.2, 0.25) is 11.8 Å². The molecule has 1 fully saturated rings. The molecule has 3 aliphatic heterocycles. The first kappa shape index (κ1) is 36.0. The van der Waals surface area contributed by atoms with E-state index in [4.69, 9.17) is 16.6 Å². The second-order valence-corrected chi connectivity index (χ2v) is 15.1. The predicted molar refractivity (Wildman–Crippen MR) is 209 cm³/mol. The van der Waals surface area contributed by atoms with Crippen molar-refractivity contribution in [3.05, 3.63) is 121 Å². The van der Waals surface area contributed by atoms with Gasteiger partial charge in [-0.25, -0.2) is 4.98 Å². The molecule has 6 heterocycles. The van der Waals surface area contributed by atoms with E-state index in [0.29, 0.717) is 22.9 Å². The number of imide groups is 2. The summed E-state index contributed by atoms with van der Waals surface area (Å²) in [6.45, 7) is 6.63. The fraction of sp³-hybridized carbons (Fsp3) is 0.268. The zero-order chi connectivity index (χ0) is 38.4. The Labute approximate surface area is 326 Å². The van der Waals surface area contributed by atoms with Crippen molar-refractivity contribution in [1.82, 2.24) is 30.0 Å². The number of nitrogens with zero attached hydrogens (tertiary/aromatic N) is 6. The average Bonchev–Trinajstić information content (AvgIpc) is 3.77. The second kappa shape index (κ2) is 14.7. The van der Waals surface area contributed by atoms with Crippen LogP contribution in [0.2, 0.25) is 5.02 Å². The lowest BCUT2D eigenvalue weighted by Crippen LogP contribution is -2.54. The highest BCUT2D eigenvalue weighted by molar-refractivity contribution is 7.15. The molecular formula is C41H35ClN8O4S. The molecule has 2 aromatic carbocycles. The number of aromatic nitrogens is 4. The number of aryl methyl sites for hydroxylation is 2. The van der Waals surface area contributed by atoms with Gasteiger partial charge in [-0.2, -0.15) is 0 Å². The normalized spacial score (nSPS) is 17.5. The van der Waals surface area contributed by atoms with Crippen LogP contribution < -0.4 is 10.6 Å². The number of rotatable bonds is 8. The molecular weight excluding hydrogens is 736 g/mol.